The molecule has 0 atom stereocenters. The molecule has 0 saturated heterocycles. The Kier molecular flexibility index (Phi) is 4.26. The van der Waals surface area contributed by atoms with E-state index in [9.17, 15) is 0 Å². The minimum atomic E-state index is 0.626. The summed E-state index contributed by atoms with van der Waals surface area (Å²) in [6, 6.07) is 15.8. The summed E-state index contributed by atoms with van der Waals surface area (Å²) in [7, 11) is 0. The first-order valence-corrected chi connectivity index (χ1v) is 7.72. The summed E-state index contributed by atoms with van der Waals surface area (Å²) in [4.78, 5) is 0. The van der Waals surface area contributed by atoms with Gasteiger partial charge in [-0.05, 0) is 55.0 Å². The van der Waals surface area contributed by atoms with E-state index in [1.54, 1.807) is 0 Å². The van der Waals surface area contributed by atoms with Gasteiger partial charge in [0.15, 0.2) is 0 Å². The van der Waals surface area contributed by atoms with Gasteiger partial charge in [-0.1, -0.05) is 36.4 Å². The molecule has 2 aromatic rings. The van der Waals surface area contributed by atoms with E-state index >= 15 is 0 Å². The lowest BCUT2D eigenvalue weighted by molar-refractivity contribution is 0.304. The maximum Gasteiger partial charge on any atom is 0.122 e. The van der Waals surface area contributed by atoms with Crippen LogP contribution < -0.4 is 10.1 Å². The average molecular weight is 281 g/mol. The molecule has 2 heteroatoms. The van der Waals surface area contributed by atoms with Crippen LogP contribution in [0.4, 0.5) is 0 Å². The molecule has 1 fully saturated rings. The van der Waals surface area contributed by atoms with Gasteiger partial charge in [-0.25, -0.2) is 0 Å². The standard InChI is InChI=1S/C19H23NO/c1-14-3-4-15(2)19(11-14)21-13-17-7-5-16(6-8-17)12-20-18-9-10-18/h3-8,11,18,20H,9-10,12-13H2,1-2H3. The first-order chi connectivity index (χ1) is 10.2. The summed E-state index contributed by atoms with van der Waals surface area (Å²) in [6.07, 6.45) is 2.67. The molecule has 21 heavy (non-hydrogen) atoms. The Bertz CT molecular complexity index is 599. The van der Waals surface area contributed by atoms with Gasteiger partial charge in [0.2, 0.25) is 0 Å². The van der Waals surface area contributed by atoms with Gasteiger partial charge in [-0.3, -0.25) is 0 Å². The van der Waals surface area contributed by atoms with Crippen LogP contribution in [0.15, 0.2) is 42.5 Å². The maximum absolute atomic E-state index is 5.94. The Morgan fingerprint density at radius 1 is 1.00 bits per heavy atom. The molecule has 3 rings (SSSR count). The van der Waals surface area contributed by atoms with Crippen molar-refractivity contribution in [3.63, 3.8) is 0 Å². The molecule has 0 radical (unpaired) electrons. The van der Waals surface area contributed by atoms with Crippen LogP contribution in [0.5, 0.6) is 5.75 Å². The van der Waals surface area contributed by atoms with E-state index in [4.69, 9.17) is 4.74 Å². The molecule has 2 nitrogen and oxygen atoms in total. The van der Waals surface area contributed by atoms with Crippen molar-refractivity contribution in [3.05, 3.63) is 64.7 Å². The SMILES string of the molecule is Cc1ccc(C)c(OCc2ccc(CNC3CC3)cc2)c1. The maximum atomic E-state index is 5.94. The first kappa shape index (κ1) is 14.2. The minimum absolute atomic E-state index is 0.626. The first-order valence-electron chi connectivity index (χ1n) is 7.72. The van der Waals surface area contributed by atoms with Gasteiger partial charge >= 0.3 is 0 Å². The van der Waals surface area contributed by atoms with Crippen molar-refractivity contribution in [1.82, 2.24) is 5.32 Å². The van der Waals surface area contributed by atoms with Crippen LogP contribution in [0.3, 0.4) is 0 Å². The predicted octanol–water partition coefficient (Wildman–Crippen LogP) is 4.13. The number of ether oxygens (including phenoxy) is 1. The van der Waals surface area contributed by atoms with Gasteiger partial charge in [-0.15, -0.1) is 0 Å². The third kappa shape index (κ3) is 4.08. The van der Waals surface area contributed by atoms with Gasteiger partial charge in [-0.2, -0.15) is 0 Å². The molecule has 0 aliphatic heterocycles. The molecular weight excluding hydrogens is 258 g/mol. The number of nitrogens with one attached hydrogen (secondary N) is 1. The molecule has 2 aromatic carbocycles. The molecule has 0 bridgehead atoms. The van der Waals surface area contributed by atoms with Crippen molar-refractivity contribution in [2.45, 2.75) is 45.9 Å². The Hall–Kier alpha value is -1.80. The molecule has 0 aromatic heterocycles. The van der Waals surface area contributed by atoms with Crippen LogP contribution in [0.25, 0.3) is 0 Å². The quantitative estimate of drug-likeness (QED) is 0.859. The Balaban J connectivity index is 1.55. The average Bonchev–Trinajstić information content (AvgIpc) is 3.31. The van der Waals surface area contributed by atoms with Gasteiger partial charge < -0.3 is 10.1 Å². The monoisotopic (exact) mass is 281 g/mol. The molecule has 1 saturated carbocycles. The summed E-state index contributed by atoms with van der Waals surface area (Å²) >= 11 is 0. The van der Waals surface area contributed by atoms with Crippen LogP contribution >= 0.6 is 0 Å². The summed E-state index contributed by atoms with van der Waals surface area (Å²) in [5.74, 6) is 0.981. The second-order valence-corrected chi connectivity index (χ2v) is 6.03. The van der Waals surface area contributed by atoms with E-state index in [0.29, 0.717) is 6.61 Å². The molecule has 110 valence electrons. The summed E-state index contributed by atoms with van der Waals surface area (Å²) in [5.41, 5.74) is 4.98. The zero-order valence-electron chi connectivity index (χ0n) is 12.9. The van der Waals surface area contributed by atoms with Crippen LogP contribution in [0.2, 0.25) is 0 Å². The van der Waals surface area contributed by atoms with Crippen molar-refractivity contribution in [2.75, 3.05) is 0 Å². The fourth-order valence-corrected chi connectivity index (χ4v) is 2.33. The van der Waals surface area contributed by atoms with E-state index < -0.39 is 0 Å². The van der Waals surface area contributed by atoms with Crippen LogP contribution in [-0.2, 0) is 13.2 Å². The van der Waals surface area contributed by atoms with Crippen molar-refractivity contribution >= 4 is 0 Å². The highest BCUT2D eigenvalue weighted by Crippen LogP contribution is 2.21. The highest BCUT2D eigenvalue weighted by atomic mass is 16.5. The highest BCUT2D eigenvalue weighted by Gasteiger charge is 2.19. The molecule has 1 aliphatic rings. The smallest absolute Gasteiger partial charge is 0.122 e. The van der Waals surface area contributed by atoms with E-state index in [1.165, 1.54) is 35.1 Å². The van der Waals surface area contributed by atoms with Gasteiger partial charge in [0.05, 0.1) is 0 Å². The summed E-state index contributed by atoms with van der Waals surface area (Å²) < 4.78 is 5.94. The minimum Gasteiger partial charge on any atom is -0.489 e. The van der Waals surface area contributed by atoms with E-state index in [-0.39, 0.29) is 0 Å². The third-order valence-corrected chi connectivity index (χ3v) is 3.93. The van der Waals surface area contributed by atoms with Crippen LogP contribution in [0, 0.1) is 13.8 Å². The fraction of sp³-hybridized carbons (Fsp3) is 0.368. The fourth-order valence-electron chi connectivity index (χ4n) is 2.33. The Morgan fingerprint density at radius 3 is 2.43 bits per heavy atom. The van der Waals surface area contributed by atoms with Gasteiger partial charge in [0, 0.05) is 12.6 Å². The van der Waals surface area contributed by atoms with E-state index in [2.05, 4.69) is 61.6 Å². The van der Waals surface area contributed by atoms with Crippen molar-refractivity contribution in [3.8, 4) is 5.75 Å². The lowest BCUT2D eigenvalue weighted by atomic mass is 10.1. The topological polar surface area (TPSA) is 21.3 Å². The van der Waals surface area contributed by atoms with E-state index in [0.717, 1.165) is 18.3 Å². The number of rotatable bonds is 6. The Labute approximate surface area is 127 Å². The predicted molar refractivity (Wildman–Crippen MR) is 86.6 cm³/mol. The molecule has 0 unspecified atom stereocenters. The molecule has 0 heterocycles. The molecule has 0 amide bonds. The molecule has 0 spiro atoms. The molecule has 1 N–H and O–H groups in total. The lowest BCUT2D eigenvalue weighted by Crippen LogP contribution is -2.15. The van der Waals surface area contributed by atoms with Crippen molar-refractivity contribution in [1.29, 1.82) is 0 Å². The normalized spacial score (nSPS) is 14.2. The Morgan fingerprint density at radius 2 is 1.71 bits per heavy atom. The largest absolute Gasteiger partial charge is 0.489 e. The second kappa shape index (κ2) is 6.31. The summed E-state index contributed by atoms with van der Waals surface area (Å²) in [5, 5.41) is 3.53. The third-order valence-electron chi connectivity index (χ3n) is 3.93. The lowest BCUT2D eigenvalue weighted by Gasteiger charge is -2.10. The van der Waals surface area contributed by atoms with Crippen molar-refractivity contribution in [2.24, 2.45) is 0 Å². The number of aryl methyl sites for hydroxylation is 2. The van der Waals surface area contributed by atoms with Gasteiger partial charge in [0.25, 0.3) is 0 Å². The number of benzene rings is 2. The van der Waals surface area contributed by atoms with E-state index in [1.807, 2.05) is 0 Å². The van der Waals surface area contributed by atoms with Crippen LogP contribution in [-0.4, -0.2) is 6.04 Å². The van der Waals surface area contributed by atoms with Crippen LogP contribution in [0.1, 0.15) is 35.1 Å². The molecule has 1 aliphatic carbocycles. The zero-order valence-corrected chi connectivity index (χ0v) is 12.9. The number of hydrogen-bond donors (Lipinski definition) is 1. The highest BCUT2D eigenvalue weighted by molar-refractivity contribution is 5.36. The number of hydrogen-bond acceptors (Lipinski definition) is 2. The second-order valence-electron chi connectivity index (χ2n) is 6.03. The van der Waals surface area contributed by atoms with Gasteiger partial charge in [0.1, 0.15) is 12.4 Å². The van der Waals surface area contributed by atoms with Crippen molar-refractivity contribution < 1.29 is 4.74 Å². The zero-order chi connectivity index (χ0) is 14.7. The molecular formula is C19H23NO. The summed E-state index contributed by atoms with van der Waals surface area (Å²) in [6.45, 7) is 5.78.